The quantitative estimate of drug-likeness (QED) is 0.344. The lowest BCUT2D eigenvalue weighted by Crippen LogP contribution is -2.12. The van der Waals surface area contributed by atoms with Gasteiger partial charge < -0.3 is 4.74 Å². The van der Waals surface area contributed by atoms with Crippen molar-refractivity contribution in [3.63, 3.8) is 0 Å². The maximum absolute atomic E-state index is 10.8. The third-order valence-corrected chi connectivity index (χ3v) is 1.03. The van der Waals surface area contributed by atoms with E-state index in [4.69, 9.17) is 0 Å². The number of nitrogens with zero attached hydrogens (tertiary/aromatic N) is 1. The molecular weight excluding hydrogens is 142 g/mol. The van der Waals surface area contributed by atoms with Gasteiger partial charge in [-0.3, -0.25) is 4.99 Å². The zero-order valence-electron chi connectivity index (χ0n) is 6.70. The minimum absolute atomic E-state index is 0.285. The summed E-state index contributed by atoms with van der Waals surface area (Å²) in [5, 5.41) is 0. The number of carbonyl (C=O) groups is 1. The second-order valence-corrected chi connectivity index (χ2v) is 1.70. The van der Waals surface area contributed by atoms with Crippen LogP contribution in [0.3, 0.4) is 0 Å². The van der Waals surface area contributed by atoms with E-state index in [0.717, 1.165) is 0 Å². The molecule has 3 heteroatoms. The molecule has 0 aromatic heterocycles. The predicted molar refractivity (Wildman–Crippen MR) is 44.7 cm³/mol. The molecule has 0 atom stereocenters. The Morgan fingerprint density at radius 1 is 1.64 bits per heavy atom. The summed E-state index contributed by atoms with van der Waals surface area (Å²) in [6.45, 7) is 3.46. The van der Waals surface area contributed by atoms with E-state index < -0.39 is 5.97 Å². The van der Waals surface area contributed by atoms with Crippen LogP contribution in [-0.2, 0) is 9.53 Å². The summed E-state index contributed by atoms with van der Waals surface area (Å²) < 4.78 is 4.45. The minimum atomic E-state index is -0.439. The molecule has 0 fully saturated rings. The maximum Gasteiger partial charge on any atom is 0.356 e. The van der Waals surface area contributed by atoms with Crippen LogP contribution in [0.25, 0.3) is 0 Å². The van der Waals surface area contributed by atoms with E-state index in [9.17, 15) is 4.79 Å². The van der Waals surface area contributed by atoms with Crippen molar-refractivity contribution < 1.29 is 9.53 Å². The van der Waals surface area contributed by atoms with E-state index in [1.54, 1.807) is 18.2 Å². The van der Waals surface area contributed by atoms with Crippen molar-refractivity contribution in [3.05, 3.63) is 24.8 Å². The Morgan fingerprint density at radius 3 is 2.64 bits per heavy atom. The summed E-state index contributed by atoms with van der Waals surface area (Å²) >= 11 is 0. The third-order valence-electron chi connectivity index (χ3n) is 1.03. The summed E-state index contributed by atoms with van der Waals surface area (Å²) in [7, 11) is 2.84. The van der Waals surface area contributed by atoms with Crippen LogP contribution in [0.2, 0.25) is 0 Å². The standard InChI is InChI=1S/C8H11NO2/c1-4-5-6-7(9-2)8(10)11-3/h4-6H,1H2,2-3H3/b6-5-,9-7?. The number of allylic oxidation sites excluding steroid dienone is 2. The lowest BCUT2D eigenvalue weighted by Gasteiger charge is -1.95. The summed E-state index contributed by atoms with van der Waals surface area (Å²) in [4.78, 5) is 14.5. The minimum Gasteiger partial charge on any atom is -0.464 e. The number of methoxy groups -OCH3 is 1. The van der Waals surface area contributed by atoms with Crippen LogP contribution in [-0.4, -0.2) is 25.8 Å². The number of esters is 1. The molecule has 0 saturated carbocycles. The predicted octanol–water partition coefficient (Wildman–Crippen LogP) is 0.972. The van der Waals surface area contributed by atoms with Crippen LogP contribution in [0.1, 0.15) is 0 Å². The van der Waals surface area contributed by atoms with Gasteiger partial charge in [-0.2, -0.15) is 0 Å². The van der Waals surface area contributed by atoms with E-state index in [-0.39, 0.29) is 5.71 Å². The molecule has 0 radical (unpaired) electrons. The normalized spacial score (nSPS) is 11.6. The fourth-order valence-electron chi connectivity index (χ4n) is 0.498. The highest BCUT2D eigenvalue weighted by atomic mass is 16.5. The molecular formula is C8H11NO2. The average molecular weight is 153 g/mol. The molecule has 0 aliphatic rings. The zero-order chi connectivity index (χ0) is 8.69. The number of hydrogen-bond donors (Lipinski definition) is 0. The van der Waals surface area contributed by atoms with Gasteiger partial charge in [-0.05, 0) is 6.08 Å². The third kappa shape index (κ3) is 3.35. The van der Waals surface area contributed by atoms with Crippen LogP contribution < -0.4 is 0 Å². The first-order valence-electron chi connectivity index (χ1n) is 3.10. The van der Waals surface area contributed by atoms with Gasteiger partial charge in [0.1, 0.15) is 5.71 Å². The Balaban J connectivity index is 4.31. The fourth-order valence-corrected chi connectivity index (χ4v) is 0.498. The van der Waals surface area contributed by atoms with E-state index in [1.165, 1.54) is 14.2 Å². The Kier molecular flexibility index (Phi) is 4.73. The molecule has 0 unspecified atom stereocenters. The molecule has 0 heterocycles. The van der Waals surface area contributed by atoms with Crippen molar-refractivity contribution in [1.82, 2.24) is 0 Å². The number of carbonyl (C=O) groups excluding carboxylic acids is 1. The molecule has 0 aliphatic carbocycles. The van der Waals surface area contributed by atoms with Crippen LogP contribution in [0, 0.1) is 0 Å². The Morgan fingerprint density at radius 2 is 2.27 bits per heavy atom. The molecule has 3 nitrogen and oxygen atoms in total. The van der Waals surface area contributed by atoms with Gasteiger partial charge in [-0.1, -0.05) is 18.7 Å². The molecule has 0 aromatic rings. The summed E-state index contributed by atoms with van der Waals surface area (Å²) in [6.07, 6.45) is 4.73. The molecule has 60 valence electrons. The number of aliphatic imine (C=N–C) groups is 1. The van der Waals surface area contributed by atoms with Gasteiger partial charge in [0, 0.05) is 7.05 Å². The van der Waals surface area contributed by atoms with E-state index >= 15 is 0 Å². The molecule has 0 amide bonds. The van der Waals surface area contributed by atoms with Crippen LogP contribution in [0.4, 0.5) is 0 Å². The number of rotatable bonds is 3. The van der Waals surface area contributed by atoms with Crippen molar-refractivity contribution in [1.29, 1.82) is 0 Å². The van der Waals surface area contributed by atoms with Gasteiger partial charge in [-0.25, -0.2) is 4.79 Å². The Labute approximate surface area is 66.1 Å². The largest absolute Gasteiger partial charge is 0.464 e. The van der Waals surface area contributed by atoms with Crippen molar-refractivity contribution in [2.45, 2.75) is 0 Å². The Hall–Kier alpha value is -1.38. The second-order valence-electron chi connectivity index (χ2n) is 1.70. The van der Waals surface area contributed by atoms with Gasteiger partial charge >= 0.3 is 5.97 Å². The molecule has 0 saturated heterocycles. The molecule has 0 spiro atoms. The smallest absolute Gasteiger partial charge is 0.356 e. The fraction of sp³-hybridized carbons (Fsp3) is 0.250. The molecule has 0 bridgehead atoms. The van der Waals surface area contributed by atoms with Gasteiger partial charge in [0.05, 0.1) is 7.11 Å². The van der Waals surface area contributed by atoms with E-state index in [2.05, 4.69) is 16.3 Å². The monoisotopic (exact) mass is 153 g/mol. The van der Waals surface area contributed by atoms with Crippen LogP contribution >= 0.6 is 0 Å². The van der Waals surface area contributed by atoms with Gasteiger partial charge in [0.25, 0.3) is 0 Å². The van der Waals surface area contributed by atoms with Crippen molar-refractivity contribution >= 4 is 11.7 Å². The van der Waals surface area contributed by atoms with Crippen molar-refractivity contribution in [3.8, 4) is 0 Å². The zero-order valence-corrected chi connectivity index (χ0v) is 6.70. The maximum atomic E-state index is 10.8. The number of ether oxygens (including phenoxy) is 1. The van der Waals surface area contributed by atoms with Crippen LogP contribution in [0.15, 0.2) is 29.8 Å². The first kappa shape index (κ1) is 9.62. The molecule has 0 aromatic carbocycles. The Bertz CT molecular complexity index is 204. The molecule has 0 rings (SSSR count). The summed E-state index contributed by atoms with van der Waals surface area (Å²) in [5.74, 6) is -0.439. The second kappa shape index (κ2) is 5.41. The highest BCUT2D eigenvalue weighted by molar-refractivity contribution is 6.41. The highest BCUT2D eigenvalue weighted by Crippen LogP contribution is 1.85. The van der Waals surface area contributed by atoms with Gasteiger partial charge in [0.2, 0.25) is 0 Å². The molecule has 11 heavy (non-hydrogen) atoms. The van der Waals surface area contributed by atoms with Gasteiger partial charge in [-0.15, -0.1) is 0 Å². The van der Waals surface area contributed by atoms with E-state index in [0.29, 0.717) is 0 Å². The number of hydrogen-bond acceptors (Lipinski definition) is 3. The van der Waals surface area contributed by atoms with Crippen LogP contribution in [0.5, 0.6) is 0 Å². The SMILES string of the molecule is C=C/C=C\C(=NC)C(=O)OC. The van der Waals surface area contributed by atoms with Crippen molar-refractivity contribution in [2.24, 2.45) is 4.99 Å². The first-order chi connectivity index (χ1) is 5.26. The van der Waals surface area contributed by atoms with E-state index in [1.807, 2.05) is 0 Å². The topological polar surface area (TPSA) is 38.7 Å². The van der Waals surface area contributed by atoms with Crippen molar-refractivity contribution in [2.75, 3.05) is 14.2 Å². The average Bonchev–Trinajstić information content (AvgIpc) is 2.05. The molecule has 0 N–H and O–H groups in total. The summed E-state index contributed by atoms with van der Waals surface area (Å²) in [6, 6.07) is 0. The first-order valence-corrected chi connectivity index (χ1v) is 3.10. The molecule has 0 aliphatic heterocycles. The lowest BCUT2D eigenvalue weighted by atomic mass is 10.3. The lowest BCUT2D eigenvalue weighted by molar-refractivity contribution is -0.132. The van der Waals surface area contributed by atoms with Gasteiger partial charge in [0.15, 0.2) is 0 Å². The summed E-state index contributed by atoms with van der Waals surface area (Å²) in [5.41, 5.74) is 0.285. The highest BCUT2D eigenvalue weighted by Gasteiger charge is 2.04.